The van der Waals surface area contributed by atoms with Gasteiger partial charge in [0.1, 0.15) is 0 Å². The van der Waals surface area contributed by atoms with Crippen molar-refractivity contribution in [1.82, 2.24) is 14.4 Å². The predicted molar refractivity (Wildman–Crippen MR) is 107 cm³/mol. The SMILES string of the molecule is CCCCc1nccn2cc(-c3cc(C#Cc4ccccc4)cs3)nc12. The summed E-state index contributed by atoms with van der Waals surface area (Å²) in [6.07, 6.45) is 9.15. The molecular formula is C22H19N3S. The van der Waals surface area contributed by atoms with Gasteiger partial charge in [-0.3, -0.25) is 4.98 Å². The van der Waals surface area contributed by atoms with Crippen LogP contribution in [0.3, 0.4) is 0 Å². The Morgan fingerprint density at radius 2 is 1.96 bits per heavy atom. The molecule has 26 heavy (non-hydrogen) atoms. The third-order valence-electron chi connectivity index (χ3n) is 4.19. The maximum atomic E-state index is 4.83. The molecule has 0 saturated carbocycles. The van der Waals surface area contributed by atoms with Crippen LogP contribution in [-0.4, -0.2) is 14.4 Å². The zero-order chi connectivity index (χ0) is 17.8. The smallest absolute Gasteiger partial charge is 0.159 e. The minimum absolute atomic E-state index is 0.960. The first-order chi connectivity index (χ1) is 12.8. The number of thiophene rings is 1. The second-order valence-corrected chi connectivity index (χ2v) is 7.06. The molecule has 0 amide bonds. The Balaban J connectivity index is 1.62. The summed E-state index contributed by atoms with van der Waals surface area (Å²) in [6.45, 7) is 2.20. The van der Waals surface area contributed by atoms with Crippen molar-refractivity contribution in [2.45, 2.75) is 26.2 Å². The van der Waals surface area contributed by atoms with E-state index in [-0.39, 0.29) is 0 Å². The van der Waals surface area contributed by atoms with Gasteiger partial charge >= 0.3 is 0 Å². The molecule has 0 N–H and O–H groups in total. The first kappa shape index (κ1) is 16.6. The van der Waals surface area contributed by atoms with Crippen molar-refractivity contribution < 1.29 is 0 Å². The van der Waals surface area contributed by atoms with Gasteiger partial charge in [0.2, 0.25) is 0 Å². The van der Waals surface area contributed by atoms with Gasteiger partial charge < -0.3 is 4.40 Å². The lowest BCUT2D eigenvalue weighted by atomic mass is 10.2. The molecule has 0 fully saturated rings. The van der Waals surface area contributed by atoms with Crippen LogP contribution in [0.5, 0.6) is 0 Å². The van der Waals surface area contributed by atoms with Crippen LogP contribution in [0, 0.1) is 11.8 Å². The Kier molecular flexibility index (Phi) is 4.81. The highest BCUT2D eigenvalue weighted by Gasteiger charge is 2.10. The maximum absolute atomic E-state index is 4.83. The van der Waals surface area contributed by atoms with Crippen molar-refractivity contribution in [1.29, 1.82) is 0 Å². The Hall–Kier alpha value is -2.90. The molecule has 1 aromatic carbocycles. The van der Waals surface area contributed by atoms with E-state index in [1.54, 1.807) is 11.3 Å². The Morgan fingerprint density at radius 1 is 1.12 bits per heavy atom. The van der Waals surface area contributed by atoms with Crippen LogP contribution < -0.4 is 0 Å². The fourth-order valence-electron chi connectivity index (χ4n) is 2.81. The predicted octanol–water partition coefficient (Wildman–Crippen LogP) is 5.20. The van der Waals surface area contributed by atoms with Gasteiger partial charge in [-0.2, -0.15) is 0 Å². The molecule has 0 aliphatic heterocycles. The number of hydrogen-bond acceptors (Lipinski definition) is 3. The Labute approximate surface area is 157 Å². The van der Waals surface area contributed by atoms with E-state index in [2.05, 4.69) is 45.8 Å². The van der Waals surface area contributed by atoms with E-state index in [1.807, 2.05) is 42.7 Å². The maximum Gasteiger partial charge on any atom is 0.159 e. The zero-order valence-corrected chi connectivity index (χ0v) is 15.5. The van der Waals surface area contributed by atoms with Crippen LogP contribution in [0.25, 0.3) is 16.2 Å². The third kappa shape index (κ3) is 3.54. The summed E-state index contributed by atoms with van der Waals surface area (Å²) < 4.78 is 2.07. The van der Waals surface area contributed by atoms with Crippen molar-refractivity contribution in [3.05, 3.63) is 77.2 Å². The number of fused-ring (bicyclic) bond motifs is 1. The van der Waals surface area contributed by atoms with Crippen LogP contribution in [0.2, 0.25) is 0 Å². The summed E-state index contributed by atoms with van der Waals surface area (Å²) in [5, 5.41) is 2.09. The molecule has 4 rings (SSSR count). The third-order valence-corrected chi connectivity index (χ3v) is 5.14. The summed E-state index contributed by atoms with van der Waals surface area (Å²) in [4.78, 5) is 10.5. The van der Waals surface area contributed by atoms with Crippen molar-refractivity contribution >= 4 is 17.0 Å². The van der Waals surface area contributed by atoms with E-state index < -0.39 is 0 Å². The summed E-state index contributed by atoms with van der Waals surface area (Å²) in [5.74, 6) is 6.44. The van der Waals surface area contributed by atoms with Crippen LogP contribution in [0.1, 0.15) is 36.6 Å². The molecule has 128 valence electrons. The molecular weight excluding hydrogens is 338 g/mol. The van der Waals surface area contributed by atoms with Gasteiger partial charge in [-0.1, -0.05) is 43.4 Å². The minimum Gasteiger partial charge on any atom is -0.303 e. The molecule has 0 atom stereocenters. The average Bonchev–Trinajstić information content (AvgIpc) is 3.32. The van der Waals surface area contributed by atoms with Gasteiger partial charge in [0.25, 0.3) is 0 Å². The summed E-state index contributed by atoms with van der Waals surface area (Å²) >= 11 is 1.68. The van der Waals surface area contributed by atoms with Crippen LogP contribution in [0.15, 0.2) is 60.4 Å². The summed E-state index contributed by atoms with van der Waals surface area (Å²) in [5.41, 5.74) is 5.06. The lowest BCUT2D eigenvalue weighted by molar-refractivity contribution is 0.775. The number of rotatable bonds is 4. The number of unbranched alkanes of at least 4 members (excludes halogenated alkanes) is 1. The molecule has 0 unspecified atom stereocenters. The van der Waals surface area contributed by atoms with Gasteiger partial charge in [0.05, 0.1) is 16.3 Å². The molecule has 0 spiro atoms. The van der Waals surface area contributed by atoms with Gasteiger partial charge in [-0.15, -0.1) is 11.3 Å². The number of aromatic nitrogens is 3. The van der Waals surface area contributed by atoms with Crippen molar-refractivity contribution in [3.8, 4) is 22.4 Å². The quantitative estimate of drug-likeness (QED) is 0.470. The zero-order valence-electron chi connectivity index (χ0n) is 14.6. The van der Waals surface area contributed by atoms with Crippen molar-refractivity contribution in [2.75, 3.05) is 0 Å². The molecule has 0 radical (unpaired) electrons. The Morgan fingerprint density at radius 3 is 2.81 bits per heavy atom. The van der Waals surface area contributed by atoms with E-state index in [9.17, 15) is 0 Å². The highest BCUT2D eigenvalue weighted by molar-refractivity contribution is 7.13. The first-order valence-electron chi connectivity index (χ1n) is 8.82. The van der Waals surface area contributed by atoms with Gasteiger partial charge in [0.15, 0.2) is 5.65 Å². The first-order valence-corrected chi connectivity index (χ1v) is 9.70. The lowest BCUT2D eigenvalue weighted by Gasteiger charge is -2.00. The van der Waals surface area contributed by atoms with Gasteiger partial charge in [-0.25, -0.2) is 4.98 Å². The largest absolute Gasteiger partial charge is 0.303 e. The van der Waals surface area contributed by atoms with Crippen molar-refractivity contribution in [2.24, 2.45) is 0 Å². The number of hydrogen-bond donors (Lipinski definition) is 0. The number of nitrogens with zero attached hydrogens (tertiary/aromatic N) is 3. The number of imidazole rings is 1. The van der Waals surface area contributed by atoms with E-state index in [1.165, 1.54) is 0 Å². The van der Waals surface area contributed by atoms with E-state index >= 15 is 0 Å². The Bertz CT molecular complexity index is 1080. The average molecular weight is 357 g/mol. The van der Waals surface area contributed by atoms with Crippen LogP contribution in [0.4, 0.5) is 0 Å². The second-order valence-electron chi connectivity index (χ2n) is 6.15. The lowest BCUT2D eigenvalue weighted by Crippen LogP contribution is -1.95. The molecule has 0 aliphatic carbocycles. The molecule has 4 heteroatoms. The topological polar surface area (TPSA) is 30.2 Å². The molecule has 0 saturated heterocycles. The number of aryl methyl sites for hydroxylation is 1. The van der Waals surface area contributed by atoms with E-state index in [0.717, 1.165) is 52.3 Å². The minimum atomic E-state index is 0.960. The second kappa shape index (κ2) is 7.55. The molecule has 3 aromatic heterocycles. The van der Waals surface area contributed by atoms with Crippen LogP contribution in [-0.2, 0) is 6.42 Å². The molecule has 0 bridgehead atoms. The standard InChI is InChI=1S/C22H19N3S/c1-2-3-9-19-22-24-20(15-25(22)13-12-23-19)21-14-18(16-26-21)11-10-17-7-5-4-6-8-17/h4-8,12-16H,2-3,9H2,1H3. The number of benzene rings is 1. The van der Waals surface area contributed by atoms with Gasteiger partial charge in [0, 0.05) is 35.1 Å². The monoisotopic (exact) mass is 357 g/mol. The highest BCUT2D eigenvalue weighted by Crippen LogP contribution is 2.27. The fraction of sp³-hybridized carbons (Fsp3) is 0.182. The van der Waals surface area contributed by atoms with Crippen LogP contribution >= 0.6 is 11.3 Å². The van der Waals surface area contributed by atoms with Crippen molar-refractivity contribution in [3.63, 3.8) is 0 Å². The molecule has 0 aliphatic rings. The molecule has 3 heterocycles. The van der Waals surface area contributed by atoms with Gasteiger partial charge in [-0.05, 0) is 31.0 Å². The summed E-state index contributed by atoms with van der Waals surface area (Å²) in [6, 6.07) is 12.2. The molecule has 3 nitrogen and oxygen atoms in total. The van der Waals surface area contributed by atoms with E-state index in [4.69, 9.17) is 4.98 Å². The normalized spacial score (nSPS) is 10.7. The molecule has 4 aromatic rings. The highest BCUT2D eigenvalue weighted by atomic mass is 32.1. The summed E-state index contributed by atoms with van der Waals surface area (Å²) in [7, 11) is 0. The van der Waals surface area contributed by atoms with E-state index in [0.29, 0.717) is 0 Å². The fourth-order valence-corrected chi connectivity index (χ4v) is 3.61.